The second-order valence-corrected chi connectivity index (χ2v) is 9.49. The highest BCUT2D eigenvalue weighted by molar-refractivity contribution is 7.92. The second kappa shape index (κ2) is 9.14. The van der Waals surface area contributed by atoms with E-state index in [1.54, 1.807) is 43.2 Å². The van der Waals surface area contributed by atoms with Gasteiger partial charge >= 0.3 is 0 Å². The molecule has 2 aromatic carbocycles. The number of carbonyl (C=O) groups is 1. The van der Waals surface area contributed by atoms with Crippen molar-refractivity contribution in [3.63, 3.8) is 0 Å². The quantitative estimate of drug-likeness (QED) is 0.675. The summed E-state index contributed by atoms with van der Waals surface area (Å²) in [6.07, 6.45) is 1.09. The lowest BCUT2D eigenvalue weighted by Gasteiger charge is -2.39. The molecule has 0 N–H and O–H groups in total. The number of anilines is 2. The number of halogens is 1. The molecular weight excluding hydrogens is 426 g/mol. The first-order chi connectivity index (χ1) is 14.2. The van der Waals surface area contributed by atoms with Gasteiger partial charge in [0.1, 0.15) is 11.8 Å². The van der Waals surface area contributed by atoms with E-state index in [0.717, 1.165) is 22.0 Å². The van der Waals surface area contributed by atoms with E-state index < -0.39 is 16.1 Å². The molecule has 3 rings (SSSR count). The van der Waals surface area contributed by atoms with Gasteiger partial charge in [0.05, 0.1) is 24.7 Å². The summed E-state index contributed by atoms with van der Waals surface area (Å²) < 4.78 is 31.5. The Morgan fingerprint density at radius 2 is 1.77 bits per heavy atom. The normalized spacial score (nSPS) is 15.6. The predicted molar refractivity (Wildman–Crippen MR) is 120 cm³/mol. The van der Waals surface area contributed by atoms with E-state index in [9.17, 15) is 13.2 Å². The van der Waals surface area contributed by atoms with Crippen molar-refractivity contribution in [2.45, 2.75) is 13.0 Å². The number of carbonyl (C=O) groups excluding carboxylic acids is 1. The van der Waals surface area contributed by atoms with Gasteiger partial charge in [-0.05, 0) is 37.3 Å². The fraction of sp³-hybridized carbons (Fsp3) is 0.381. The molecule has 1 saturated heterocycles. The third-order valence-corrected chi connectivity index (χ3v) is 6.62. The minimum atomic E-state index is -3.68. The molecule has 0 radical (unpaired) electrons. The molecule has 30 heavy (non-hydrogen) atoms. The molecule has 0 bridgehead atoms. The van der Waals surface area contributed by atoms with Crippen LogP contribution in [0.2, 0.25) is 5.02 Å². The van der Waals surface area contributed by atoms with Crippen molar-refractivity contribution in [2.75, 3.05) is 48.7 Å². The van der Waals surface area contributed by atoms with Crippen LogP contribution < -0.4 is 13.9 Å². The Balaban J connectivity index is 1.74. The summed E-state index contributed by atoms with van der Waals surface area (Å²) in [5.41, 5.74) is 1.36. The van der Waals surface area contributed by atoms with Crippen LogP contribution in [0.4, 0.5) is 11.4 Å². The van der Waals surface area contributed by atoms with Crippen LogP contribution >= 0.6 is 11.6 Å². The fourth-order valence-corrected chi connectivity index (χ4v) is 5.08. The zero-order valence-corrected chi connectivity index (χ0v) is 18.9. The molecule has 1 fully saturated rings. The van der Waals surface area contributed by atoms with E-state index in [0.29, 0.717) is 36.9 Å². The number of benzene rings is 2. The molecule has 1 atom stereocenters. The molecular formula is C21H26ClN3O4S. The monoisotopic (exact) mass is 451 g/mol. The Hall–Kier alpha value is -2.45. The Morgan fingerprint density at radius 3 is 2.37 bits per heavy atom. The van der Waals surface area contributed by atoms with Gasteiger partial charge in [0.25, 0.3) is 0 Å². The average molecular weight is 452 g/mol. The number of ether oxygens (including phenoxy) is 1. The maximum absolute atomic E-state index is 13.2. The lowest BCUT2D eigenvalue weighted by molar-refractivity contribution is -0.132. The lowest BCUT2D eigenvalue weighted by atomic mass is 10.2. The molecule has 1 amide bonds. The minimum Gasteiger partial charge on any atom is -0.495 e. The highest BCUT2D eigenvalue weighted by Crippen LogP contribution is 2.29. The van der Waals surface area contributed by atoms with Crippen molar-refractivity contribution in [1.82, 2.24) is 4.90 Å². The SMILES string of the molecule is COc1ccccc1N1CCN(C(=O)C(C)N(c2cccc(Cl)c2)S(C)(=O)=O)CC1. The summed E-state index contributed by atoms with van der Waals surface area (Å²) in [6, 6.07) is 13.4. The summed E-state index contributed by atoms with van der Waals surface area (Å²) in [4.78, 5) is 17.0. The Labute approximate surface area is 182 Å². The number of amides is 1. The molecule has 2 aromatic rings. The second-order valence-electron chi connectivity index (χ2n) is 7.20. The van der Waals surface area contributed by atoms with Crippen LogP contribution in [0, 0.1) is 0 Å². The third kappa shape index (κ3) is 4.82. The van der Waals surface area contributed by atoms with Crippen molar-refractivity contribution in [2.24, 2.45) is 0 Å². The standard InChI is InChI=1S/C21H26ClN3O4S/c1-16(25(30(3,27)28)18-8-6-7-17(22)15-18)21(26)24-13-11-23(12-14-24)19-9-4-5-10-20(19)29-2/h4-10,15-16H,11-14H2,1-3H3. The van der Waals surface area contributed by atoms with Gasteiger partial charge in [-0.15, -0.1) is 0 Å². The number of methoxy groups -OCH3 is 1. The third-order valence-electron chi connectivity index (χ3n) is 5.15. The lowest BCUT2D eigenvalue weighted by Crippen LogP contribution is -2.55. The first-order valence-electron chi connectivity index (χ1n) is 9.64. The van der Waals surface area contributed by atoms with E-state index in [1.165, 1.54) is 0 Å². The van der Waals surface area contributed by atoms with Gasteiger partial charge < -0.3 is 14.5 Å². The van der Waals surface area contributed by atoms with Crippen LogP contribution in [0.15, 0.2) is 48.5 Å². The molecule has 0 aromatic heterocycles. The zero-order chi connectivity index (χ0) is 21.9. The van der Waals surface area contributed by atoms with Crippen molar-refractivity contribution in [3.8, 4) is 5.75 Å². The van der Waals surface area contributed by atoms with E-state index in [1.807, 2.05) is 24.3 Å². The highest BCUT2D eigenvalue weighted by Gasteiger charge is 2.33. The number of rotatable bonds is 6. The topological polar surface area (TPSA) is 70.2 Å². The maximum atomic E-state index is 13.2. The highest BCUT2D eigenvalue weighted by atomic mass is 35.5. The van der Waals surface area contributed by atoms with Crippen LogP contribution in [0.1, 0.15) is 6.92 Å². The molecule has 0 saturated carbocycles. The molecule has 1 aliphatic heterocycles. The first-order valence-corrected chi connectivity index (χ1v) is 11.9. The number of sulfonamides is 1. The van der Waals surface area contributed by atoms with Crippen molar-refractivity contribution in [3.05, 3.63) is 53.6 Å². The van der Waals surface area contributed by atoms with Crippen molar-refractivity contribution >= 4 is 38.9 Å². The Bertz CT molecular complexity index is 1010. The van der Waals surface area contributed by atoms with Crippen molar-refractivity contribution in [1.29, 1.82) is 0 Å². The largest absolute Gasteiger partial charge is 0.495 e. The van der Waals surface area contributed by atoms with Gasteiger partial charge in [-0.1, -0.05) is 29.8 Å². The average Bonchev–Trinajstić information content (AvgIpc) is 2.72. The molecule has 1 heterocycles. The molecule has 162 valence electrons. The van der Waals surface area contributed by atoms with Gasteiger partial charge in [-0.2, -0.15) is 0 Å². The molecule has 9 heteroatoms. The number of piperazine rings is 1. The summed E-state index contributed by atoms with van der Waals surface area (Å²) in [6.45, 7) is 3.86. The predicted octanol–water partition coefficient (Wildman–Crippen LogP) is 2.85. The molecule has 0 spiro atoms. The fourth-order valence-electron chi connectivity index (χ4n) is 3.74. The number of nitrogens with zero attached hydrogens (tertiary/aromatic N) is 3. The van der Waals surface area contributed by atoms with Crippen LogP contribution in [0.25, 0.3) is 0 Å². The van der Waals surface area contributed by atoms with Gasteiger partial charge in [0.2, 0.25) is 15.9 Å². The molecule has 7 nitrogen and oxygen atoms in total. The molecule has 0 aliphatic carbocycles. The van der Waals surface area contributed by atoms with Crippen LogP contribution in [0.5, 0.6) is 5.75 Å². The Kier molecular flexibility index (Phi) is 6.77. The molecule has 1 unspecified atom stereocenters. The van der Waals surface area contributed by atoms with E-state index in [2.05, 4.69) is 4.90 Å². The van der Waals surface area contributed by atoms with Crippen molar-refractivity contribution < 1.29 is 17.9 Å². The number of hydrogen-bond acceptors (Lipinski definition) is 5. The first kappa shape index (κ1) is 22.2. The number of para-hydroxylation sites is 2. The number of hydrogen-bond donors (Lipinski definition) is 0. The van der Waals surface area contributed by atoms with E-state index in [4.69, 9.17) is 16.3 Å². The summed E-state index contributed by atoms with van der Waals surface area (Å²) in [5.74, 6) is 0.551. The summed E-state index contributed by atoms with van der Waals surface area (Å²) >= 11 is 6.04. The van der Waals surface area contributed by atoms with Gasteiger partial charge in [-0.25, -0.2) is 8.42 Å². The van der Waals surface area contributed by atoms with E-state index in [-0.39, 0.29) is 5.91 Å². The zero-order valence-electron chi connectivity index (χ0n) is 17.3. The van der Waals surface area contributed by atoms with Gasteiger partial charge in [0.15, 0.2) is 0 Å². The summed E-state index contributed by atoms with van der Waals surface area (Å²) in [5, 5.41) is 0.409. The van der Waals surface area contributed by atoms with Crippen LogP contribution in [-0.4, -0.2) is 64.8 Å². The Morgan fingerprint density at radius 1 is 1.10 bits per heavy atom. The van der Waals surface area contributed by atoms with E-state index >= 15 is 0 Å². The van der Waals surface area contributed by atoms with Crippen LogP contribution in [-0.2, 0) is 14.8 Å². The van der Waals surface area contributed by atoms with Crippen LogP contribution in [0.3, 0.4) is 0 Å². The summed E-state index contributed by atoms with van der Waals surface area (Å²) in [7, 11) is -2.05. The maximum Gasteiger partial charge on any atom is 0.246 e. The smallest absolute Gasteiger partial charge is 0.246 e. The van der Waals surface area contributed by atoms with Gasteiger partial charge in [0, 0.05) is 31.2 Å². The minimum absolute atomic E-state index is 0.236. The van der Waals surface area contributed by atoms with Gasteiger partial charge in [-0.3, -0.25) is 9.10 Å². The molecule has 1 aliphatic rings.